The Balaban J connectivity index is 3.91. The summed E-state index contributed by atoms with van der Waals surface area (Å²) in [5.74, 6) is 0.528. The molecule has 0 saturated heterocycles. The van der Waals surface area contributed by atoms with Crippen molar-refractivity contribution < 1.29 is 4.79 Å². The van der Waals surface area contributed by atoms with Crippen LogP contribution < -0.4 is 11.1 Å². The maximum absolute atomic E-state index is 11.5. The Morgan fingerprint density at radius 1 is 1.36 bits per heavy atom. The molecule has 2 unspecified atom stereocenters. The molecule has 1 amide bonds. The second-order valence-electron chi connectivity index (χ2n) is 4.08. The highest BCUT2D eigenvalue weighted by atomic mass is 32.1. The summed E-state index contributed by atoms with van der Waals surface area (Å²) in [6.45, 7) is 8.42. The summed E-state index contributed by atoms with van der Waals surface area (Å²) in [4.78, 5) is 12.0. The number of amides is 1. The van der Waals surface area contributed by atoms with Gasteiger partial charge in [0.25, 0.3) is 0 Å². The first-order valence-corrected chi connectivity index (χ1v) is 5.34. The third-order valence-corrected chi connectivity index (χ3v) is 2.88. The Morgan fingerprint density at radius 3 is 2.21 bits per heavy atom. The fourth-order valence-corrected chi connectivity index (χ4v) is 0.901. The van der Waals surface area contributed by atoms with Gasteiger partial charge >= 0.3 is 0 Å². The Hall–Kier alpha value is -0.640. The van der Waals surface area contributed by atoms with Gasteiger partial charge in [-0.05, 0) is 5.92 Å². The van der Waals surface area contributed by atoms with Crippen molar-refractivity contribution in [2.75, 3.05) is 6.54 Å². The molecule has 0 saturated carbocycles. The van der Waals surface area contributed by atoms with Crippen molar-refractivity contribution >= 4 is 23.1 Å². The van der Waals surface area contributed by atoms with E-state index in [0.717, 1.165) is 0 Å². The van der Waals surface area contributed by atoms with Crippen LogP contribution in [0.5, 0.6) is 0 Å². The van der Waals surface area contributed by atoms with Crippen LogP contribution in [-0.2, 0) is 4.79 Å². The van der Waals surface area contributed by atoms with Crippen molar-refractivity contribution in [1.82, 2.24) is 5.32 Å². The van der Waals surface area contributed by atoms with Crippen LogP contribution in [0.25, 0.3) is 0 Å². The lowest BCUT2D eigenvalue weighted by molar-refractivity contribution is -0.125. The van der Waals surface area contributed by atoms with Gasteiger partial charge in [-0.3, -0.25) is 4.79 Å². The molecular formula is C10H20N2OS. The SMILES string of the molecule is CC(CNC(=O)C(C)C(C)C)C(N)=S. The number of hydrogen-bond acceptors (Lipinski definition) is 2. The molecule has 0 aliphatic rings. The van der Waals surface area contributed by atoms with Gasteiger partial charge in [-0.2, -0.15) is 0 Å². The summed E-state index contributed by atoms with van der Waals surface area (Å²) in [6.07, 6.45) is 0. The van der Waals surface area contributed by atoms with E-state index in [9.17, 15) is 4.79 Å². The zero-order valence-corrected chi connectivity index (χ0v) is 10.1. The van der Waals surface area contributed by atoms with Gasteiger partial charge in [-0.1, -0.05) is 39.9 Å². The largest absolute Gasteiger partial charge is 0.393 e. The van der Waals surface area contributed by atoms with Crippen LogP contribution in [0.2, 0.25) is 0 Å². The van der Waals surface area contributed by atoms with Gasteiger partial charge in [0.15, 0.2) is 0 Å². The second kappa shape index (κ2) is 5.96. The molecular weight excluding hydrogens is 196 g/mol. The highest BCUT2D eigenvalue weighted by Gasteiger charge is 2.17. The average molecular weight is 216 g/mol. The van der Waals surface area contributed by atoms with E-state index in [-0.39, 0.29) is 17.7 Å². The van der Waals surface area contributed by atoms with Gasteiger partial charge in [0.2, 0.25) is 5.91 Å². The van der Waals surface area contributed by atoms with Crippen molar-refractivity contribution in [3.8, 4) is 0 Å². The minimum absolute atomic E-state index is 0.0357. The number of nitrogens with one attached hydrogen (secondary N) is 1. The zero-order chi connectivity index (χ0) is 11.3. The maximum atomic E-state index is 11.5. The molecule has 0 bridgehead atoms. The number of hydrogen-bond donors (Lipinski definition) is 2. The van der Waals surface area contributed by atoms with Crippen LogP contribution in [0.1, 0.15) is 27.7 Å². The highest BCUT2D eigenvalue weighted by molar-refractivity contribution is 7.80. The number of carbonyl (C=O) groups is 1. The quantitative estimate of drug-likeness (QED) is 0.681. The lowest BCUT2D eigenvalue weighted by Crippen LogP contribution is -2.37. The van der Waals surface area contributed by atoms with Crippen LogP contribution >= 0.6 is 12.2 Å². The number of carbonyl (C=O) groups excluding carboxylic acids is 1. The molecule has 0 radical (unpaired) electrons. The summed E-state index contributed by atoms with van der Waals surface area (Å²) in [7, 11) is 0. The topological polar surface area (TPSA) is 55.1 Å². The molecule has 0 fully saturated rings. The molecule has 3 nitrogen and oxygen atoms in total. The van der Waals surface area contributed by atoms with E-state index < -0.39 is 0 Å². The van der Waals surface area contributed by atoms with Crippen LogP contribution in [0.15, 0.2) is 0 Å². The molecule has 0 rings (SSSR count). The molecule has 82 valence electrons. The molecule has 4 heteroatoms. The highest BCUT2D eigenvalue weighted by Crippen LogP contribution is 2.09. The molecule has 0 heterocycles. The van der Waals surface area contributed by atoms with E-state index in [4.69, 9.17) is 18.0 Å². The predicted molar refractivity (Wildman–Crippen MR) is 63.0 cm³/mol. The number of nitrogens with two attached hydrogens (primary N) is 1. The Labute approximate surface area is 91.4 Å². The van der Waals surface area contributed by atoms with Gasteiger partial charge in [0, 0.05) is 18.4 Å². The summed E-state index contributed by atoms with van der Waals surface area (Å²) in [6, 6.07) is 0. The minimum Gasteiger partial charge on any atom is -0.393 e. The lowest BCUT2D eigenvalue weighted by atomic mass is 9.97. The summed E-state index contributed by atoms with van der Waals surface area (Å²) in [5, 5.41) is 2.84. The summed E-state index contributed by atoms with van der Waals surface area (Å²) >= 11 is 4.81. The normalized spacial score (nSPS) is 14.9. The van der Waals surface area contributed by atoms with Crippen molar-refractivity contribution in [2.24, 2.45) is 23.5 Å². The van der Waals surface area contributed by atoms with E-state index in [1.54, 1.807) is 0 Å². The molecule has 0 aromatic carbocycles. The standard InChI is InChI=1S/C10H20N2OS/c1-6(2)8(4)10(13)12-5-7(3)9(11)14/h6-8H,5H2,1-4H3,(H2,11,14)(H,12,13). The Morgan fingerprint density at radius 2 is 1.86 bits per heavy atom. The van der Waals surface area contributed by atoms with Gasteiger partial charge in [-0.25, -0.2) is 0 Å². The molecule has 0 spiro atoms. The fourth-order valence-electron chi connectivity index (χ4n) is 0.818. The first kappa shape index (κ1) is 13.4. The molecule has 14 heavy (non-hydrogen) atoms. The van der Waals surface area contributed by atoms with Crippen molar-refractivity contribution in [3.63, 3.8) is 0 Å². The lowest BCUT2D eigenvalue weighted by Gasteiger charge is -2.17. The molecule has 0 aliphatic heterocycles. The first-order chi connectivity index (χ1) is 6.36. The smallest absolute Gasteiger partial charge is 0.223 e. The van der Waals surface area contributed by atoms with Crippen LogP contribution in [0.4, 0.5) is 0 Å². The van der Waals surface area contributed by atoms with E-state index in [2.05, 4.69) is 5.32 Å². The van der Waals surface area contributed by atoms with Crippen molar-refractivity contribution in [1.29, 1.82) is 0 Å². The van der Waals surface area contributed by atoms with Crippen LogP contribution in [-0.4, -0.2) is 17.4 Å². The van der Waals surface area contributed by atoms with E-state index in [1.807, 2.05) is 27.7 Å². The predicted octanol–water partition coefficient (Wildman–Crippen LogP) is 1.32. The van der Waals surface area contributed by atoms with Crippen LogP contribution in [0, 0.1) is 17.8 Å². The number of rotatable bonds is 5. The van der Waals surface area contributed by atoms with E-state index in [0.29, 0.717) is 17.5 Å². The Kier molecular flexibility index (Phi) is 5.69. The minimum atomic E-state index is 0.0357. The summed E-state index contributed by atoms with van der Waals surface area (Å²) in [5.41, 5.74) is 5.44. The maximum Gasteiger partial charge on any atom is 0.223 e. The average Bonchev–Trinajstić information content (AvgIpc) is 2.11. The second-order valence-corrected chi connectivity index (χ2v) is 4.55. The van der Waals surface area contributed by atoms with E-state index in [1.165, 1.54) is 0 Å². The van der Waals surface area contributed by atoms with Crippen molar-refractivity contribution in [2.45, 2.75) is 27.7 Å². The van der Waals surface area contributed by atoms with Crippen molar-refractivity contribution in [3.05, 3.63) is 0 Å². The third-order valence-electron chi connectivity index (χ3n) is 2.48. The third kappa shape index (κ3) is 4.56. The molecule has 2 atom stereocenters. The molecule has 0 aliphatic carbocycles. The van der Waals surface area contributed by atoms with Gasteiger partial charge < -0.3 is 11.1 Å². The first-order valence-electron chi connectivity index (χ1n) is 4.93. The van der Waals surface area contributed by atoms with Crippen LogP contribution in [0.3, 0.4) is 0 Å². The fraction of sp³-hybridized carbons (Fsp3) is 0.800. The summed E-state index contributed by atoms with van der Waals surface area (Å²) < 4.78 is 0. The Bertz CT molecular complexity index is 216. The zero-order valence-electron chi connectivity index (χ0n) is 9.33. The van der Waals surface area contributed by atoms with Gasteiger partial charge in [-0.15, -0.1) is 0 Å². The molecule has 0 aromatic rings. The van der Waals surface area contributed by atoms with Gasteiger partial charge in [0.05, 0.1) is 4.99 Å². The molecule has 0 aromatic heterocycles. The number of thiocarbonyl (C=S) groups is 1. The van der Waals surface area contributed by atoms with Gasteiger partial charge in [0.1, 0.15) is 0 Å². The molecule has 3 N–H and O–H groups in total. The van der Waals surface area contributed by atoms with E-state index >= 15 is 0 Å². The monoisotopic (exact) mass is 216 g/mol.